The molecule has 2 heteroatoms. The third-order valence-corrected chi connectivity index (χ3v) is 2.68. The molecular weight excluding hydrogens is 198 g/mol. The Hall–Kier alpha value is -0.860. The highest BCUT2D eigenvalue weighted by Crippen LogP contribution is 2.11. The summed E-state index contributed by atoms with van der Waals surface area (Å²) in [5.74, 6) is 0.529. The van der Waals surface area contributed by atoms with E-state index in [0.717, 1.165) is 26.0 Å². The maximum atomic E-state index is 5.78. The lowest BCUT2D eigenvalue weighted by Gasteiger charge is -2.16. The SMILES string of the molecule is CC(C)OCCC(CN)Cc1ccccc1. The lowest BCUT2D eigenvalue weighted by Crippen LogP contribution is -2.19. The first-order chi connectivity index (χ1) is 7.72. The number of benzene rings is 1. The average molecular weight is 221 g/mol. The largest absolute Gasteiger partial charge is 0.379 e. The molecule has 0 aliphatic heterocycles. The summed E-state index contributed by atoms with van der Waals surface area (Å²) in [6, 6.07) is 10.5. The number of nitrogens with two attached hydrogens (primary N) is 1. The van der Waals surface area contributed by atoms with Crippen LogP contribution in [0.1, 0.15) is 25.8 Å². The molecule has 1 aromatic rings. The summed E-state index contributed by atoms with van der Waals surface area (Å²) >= 11 is 0. The second-order valence-corrected chi connectivity index (χ2v) is 4.50. The molecule has 1 aromatic carbocycles. The average Bonchev–Trinajstić information content (AvgIpc) is 2.28. The van der Waals surface area contributed by atoms with E-state index in [0.29, 0.717) is 12.0 Å². The van der Waals surface area contributed by atoms with Crippen LogP contribution in [-0.2, 0) is 11.2 Å². The highest BCUT2D eigenvalue weighted by atomic mass is 16.5. The van der Waals surface area contributed by atoms with Crippen molar-refractivity contribution in [3.63, 3.8) is 0 Å². The standard InChI is InChI=1S/C14H23NO/c1-12(2)16-9-8-14(11-15)10-13-6-4-3-5-7-13/h3-7,12,14H,8-11,15H2,1-2H3. The van der Waals surface area contributed by atoms with Crippen LogP contribution in [0.2, 0.25) is 0 Å². The van der Waals surface area contributed by atoms with Crippen LogP contribution in [0, 0.1) is 5.92 Å². The fourth-order valence-electron chi connectivity index (χ4n) is 1.72. The Morgan fingerprint density at radius 1 is 1.19 bits per heavy atom. The predicted octanol–water partition coefficient (Wildman–Crippen LogP) is 2.62. The van der Waals surface area contributed by atoms with Crippen LogP contribution < -0.4 is 5.73 Å². The van der Waals surface area contributed by atoms with Gasteiger partial charge in [0.05, 0.1) is 6.10 Å². The Kier molecular flexibility index (Phi) is 6.12. The molecule has 90 valence electrons. The Labute approximate surface area is 98.8 Å². The van der Waals surface area contributed by atoms with Gasteiger partial charge >= 0.3 is 0 Å². The van der Waals surface area contributed by atoms with Crippen molar-refractivity contribution in [2.24, 2.45) is 11.7 Å². The maximum absolute atomic E-state index is 5.78. The molecule has 0 aliphatic carbocycles. The fraction of sp³-hybridized carbons (Fsp3) is 0.571. The minimum absolute atomic E-state index is 0.315. The summed E-state index contributed by atoms with van der Waals surface area (Å²) in [5, 5.41) is 0. The minimum atomic E-state index is 0.315. The van der Waals surface area contributed by atoms with E-state index in [-0.39, 0.29) is 0 Å². The summed E-state index contributed by atoms with van der Waals surface area (Å²) < 4.78 is 5.56. The zero-order chi connectivity index (χ0) is 11.8. The van der Waals surface area contributed by atoms with Gasteiger partial charge in [0.1, 0.15) is 0 Å². The van der Waals surface area contributed by atoms with Crippen molar-refractivity contribution in [1.29, 1.82) is 0 Å². The van der Waals surface area contributed by atoms with Crippen molar-refractivity contribution in [2.45, 2.75) is 32.8 Å². The van der Waals surface area contributed by atoms with Crippen LogP contribution in [0.3, 0.4) is 0 Å². The number of hydrogen-bond donors (Lipinski definition) is 1. The van der Waals surface area contributed by atoms with E-state index in [1.54, 1.807) is 0 Å². The van der Waals surface area contributed by atoms with Gasteiger partial charge < -0.3 is 10.5 Å². The second-order valence-electron chi connectivity index (χ2n) is 4.50. The van der Waals surface area contributed by atoms with Crippen LogP contribution in [0.4, 0.5) is 0 Å². The van der Waals surface area contributed by atoms with Crippen molar-refractivity contribution in [3.8, 4) is 0 Å². The molecule has 1 rings (SSSR count). The molecule has 16 heavy (non-hydrogen) atoms. The number of ether oxygens (including phenoxy) is 1. The van der Waals surface area contributed by atoms with Crippen LogP contribution in [-0.4, -0.2) is 19.3 Å². The van der Waals surface area contributed by atoms with Gasteiger partial charge in [-0.2, -0.15) is 0 Å². The van der Waals surface area contributed by atoms with E-state index >= 15 is 0 Å². The van der Waals surface area contributed by atoms with E-state index in [1.807, 2.05) is 6.07 Å². The second kappa shape index (κ2) is 7.42. The zero-order valence-corrected chi connectivity index (χ0v) is 10.4. The van der Waals surface area contributed by atoms with Crippen LogP contribution in [0.5, 0.6) is 0 Å². The van der Waals surface area contributed by atoms with E-state index in [2.05, 4.69) is 38.1 Å². The van der Waals surface area contributed by atoms with E-state index in [4.69, 9.17) is 10.5 Å². The summed E-state index contributed by atoms with van der Waals surface area (Å²) in [7, 11) is 0. The molecule has 1 unspecified atom stereocenters. The molecule has 2 N–H and O–H groups in total. The molecule has 0 aromatic heterocycles. The smallest absolute Gasteiger partial charge is 0.0518 e. The monoisotopic (exact) mass is 221 g/mol. The Balaban J connectivity index is 2.32. The zero-order valence-electron chi connectivity index (χ0n) is 10.4. The first-order valence-electron chi connectivity index (χ1n) is 6.08. The Morgan fingerprint density at radius 3 is 2.44 bits per heavy atom. The number of rotatable bonds is 7. The molecule has 0 bridgehead atoms. The first-order valence-corrected chi connectivity index (χ1v) is 6.08. The fourth-order valence-corrected chi connectivity index (χ4v) is 1.72. The highest BCUT2D eigenvalue weighted by Gasteiger charge is 2.08. The van der Waals surface area contributed by atoms with Gasteiger partial charge in [0.2, 0.25) is 0 Å². The van der Waals surface area contributed by atoms with Crippen LogP contribution >= 0.6 is 0 Å². The van der Waals surface area contributed by atoms with Crippen molar-refractivity contribution in [1.82, 2.24) is 0 Å². The molecule has 0 radical (unpaired) electrons. The van der Waals surface area contributed by atoms with Gasteiger partial charge in [-0.15, -0.1) is 0 Å². The molecule has 0 fully saturated rings. The van der Waals surface area contributed by atoms with Gasteiger partial charge in [0.25, 0.3) is 0 Å². The third-order valence-electron chi connectivity index (χ3n) is 2.68. The normalized spacial score (nSPS) is 13.0. The first kappa shape index (κ1) is 13.2. The lowest BCUT2D eigenvalue weighted by molar-refractivity contribution is 0.0690. The van der Waals surface area contributed by atoms with Gasteiger partial charge in [0, 0.05) is 6.61 Å². The quantitative estimate of drug-likeness (QED) is 0.768. The number of hydrogen-bond acceptors (Lipinski definition) is 2. The van der Waals surface area contributed by atoms with Gasteiger partial charge in [-0.25, -0.2) is 0 Å². The van der Waals surface area contributed by atoms with Gasteiger partial charge in [-0.1, -0.05) is 30.3 Å². The molecule has 0 saturated carbocycles. The van der Waals surface area contributed by atoms with Crippen molar-refractivity contribution >= 4 is 0 Å². The van der Waals surface area contributed by atoms with Crippen molar-refractivity contribution in [3.05, 3.63) is 35.9 Å². The summed E-state index contributed by atoms with van der Waals surface area (Å²) in [5.41, 5.74) is 7.15. The molecule has 2 nitrogen and oxygen atoms in total. The minimum Gasteiger partial charge on any atom is -0.379 e. The van der Waals surface area contributed by atoms with E-state index < -0.39 is 0 Å². The Bertz CT molecular complexity index is 271. The van der Waals surface area contributed by atoms with Crippen molar-refractivity contribution < 1.29 is 4.74 Å². The summed E-state index contributed by atoms with van der Waals surface area (Å²) in [6.45, 7) is 5.67. The predicted molar refractivity (Wildman–Crippen MR) is 68.4 cm³/mol. The highest BCUT2D eigenvalue weighted by molar-refractivity contribution is 5.15. The summed E-state index contributed by atoms with van der Waals surface area (Å²) in [6.07, 6.45) is 2.41. The topological polar surface area (TPSA) is 35.2 Å². The molecule has 0 spiro atoms. The summed E-state index contributed by atoms with van der Waals surface area (Å²) in [4.78, 5) is 0. The van der Waals surface area contributed by atoms with Gasteiger partial charge in [-0.3, -0.25) is 0 Å². The Morgan fingerprint density at radius 2 is 1.88 bits per heavy atom. The van der Waals surface area contributed by atoms with Gasteiger partial charge in [-0.05, 0) is 44.7 Å². The lowest BCUT2D eigenvalue weighted by atomic mass is 9.97. The van der Waals surface area contributed by atoms with Crippen molar-refractivity contribution in [2.75, 3.05) is 13.2 Å². The van der Waals surface area contributed by atoms with E-state index in [1.165, 1.54) is 5.56 Å². The van der Waals surface area contributed by atoms with Crippen LogP contribution in [0.25, 0.3) is 0 Å². The van der Waals surface area contributed by atoms with Crippen LogP contribution in [0.15, 0.2) is 30.3 Å². The van der Waals surface area contributed by atoms with Gasteiger partial charge in [0.15, 0.2) is 0 Å². The molecule has 0 heterocycles. The molecule has 0 aliphatic rings. The molecular formula is C14H23NO. The third kappa shape index (κ3) is 5.29. The maximum Gasteiger partial charge on any atom is 0.0518 e. The molecule has 0 amide bonds. The molecule has 1 atom stereocenters. The van der Waals surface area contributed by atoms with E-state index in [9.17, 15) is 0 Å². The molecule has 0 saturated heterocycles.